The number of aromatic carboxylic acids is 1. The van der Waals surface area contributed by atoms with E-state index in [0.717, 1.165) is 17.3 Å². The summed E-state index contributed by atoms with van der Waals surface area (Å²) in [6.07, 6.45) is 0. The second-order valence-corrected chi connectivity index (χ2v) is 4.57. The van der Waals surface area contributed by atoms with Gasteiger partial charge in [-0.1, -0.05) is 23.9 Å². The van der Waals surface area contributed by atoms with Crippen molar-refractivity contribution >= 4 is 17.7 Å². The predicted octanol–water partition coefficient (Wildman–Crippen LogP) is 0.449. The molecule has 0 aliphatic heterocycles. The highest BCUT2D eigenvalue weighted by atomic mass is 32.2. The van der Waals surface area contributed by atoms with Gasteiger partial charge in [0.2, 0.25) is 0 Å². The number of aromatic amines is 2. The van der Waals surface area contributed by atoms with Gasteiger partial charge in [0.05, 0.1) is 5.56 Å². The van der Waals surface area contributed by atoms with Gasteiger partial charge in [-0.05, 0) is 17.7 Å². The third-order valence-corrected chi connectivity index (χ3v) is 3.28. The van der Waals surface area contributed by atoms with Gasteiger partial charge >= 0.3 is 11.7 Å². The van der Waals surface area contributed by atoms with Gasteiger partial charge < -0.3 is 5.11 Å². The van der Waals surface area contributed by atoms with Crippen molar-refractivity contribution in [2.75, 3.05) is 0 Å². The van der Waals surface area contributed by atoms with Crippen molar-refractivity contribution < 1.29 is 9.90 Å². The number of hydrogen-bond donors (Lipinski definition) is 3. The monoisotopic (exact) mass is 279 g/mol. The molecule has 0 spiro atoms. The van der Waals surface area contributed by atoms with Gasteiger partial charge in [-0.15, -0.1) is 0 Å². The number of benzene rings is 1. The molecule has 3 N–H and O–H groups in total. The van der Waals surface area contributed by atoms with Gasteiger partial charge in [-0.25, -0.2) is 14.7 Å². The third-order valence-electron chi connectivity index (χ3n) is 2.26. The topological polar surface area (TPSA) is 116 Å². The first-order chi connectivity index (χ1) is 9.06. The van der Waals surface area contributed by atoms with Crippen LogP contribution in [-0.4, -0.2) is 26.3 Å². The van der Waals surface area contributed by atoms with Crippen LogP contribution >= 0.6 is 11.8 Å². The van der Waals surface area contributed by atoms with Gasteiger partial charge in [-0.2, -0.15) is 5.10 Å². The maximum absolute atomic E-state index is 11.4. The van der Waals surface area contributed by atoms with Gasteiger partial charge in [0.1, 0.15) is 0 Å². The molecule has 8 heteroatoms. The molecule has 0 aliphatic rings. The minimum Gasteiger partial charge on any atom is -0.478 e. The summed E-state index contributed by atoms with van der Waals surface area (Å²) in [7, 11) is 0. The van der Waals surface area contributed by atoms with E-state index >= 15 is 0 Å². The number of thioether (sulfide) groups is 1. The summed E-state index contributed by atoms with van der Waals surface area (Å²) in [5.74, 6) is -0.542. The summed E-state index contributed by atoms with van der Waals surface area (Å²) in [5.41, 5.74) is -0.146. The largest absolute Gasteiger partial charge is 0.478 e. The van der Waals surface area contributed by atoms with Crippen molar-refractivity contribution in [3.05, 3.63) is 56.2 Å². The van der Waals surface area contributed by atoms with Crippen LogP contribution in [0.1, 0.15) is 15.9 Å². The number of aromatic nitrogens is 3. The van der Waals surface area contributed by atoms with Gasteiger partial charge in [-0.3, -0.25) is 9.78 Å². The van der Waals surface area contributed by atoms with E-state index in [1.165, 1.54) is 12.1 Å². The molecular weight excluding hydrogens is 270 g/mol. The highest BCUT2D eigenvalue weighted by Gasteiger charge is 2.05. The van der Waals surface area contributed by atoms with Gasteiger partial charge in [0.15, 0.2) is 5.03 Å². The Morgan fingerprint density at radius 1 is 1.26 bits per heavy atom. The zero-order chi connectivity index (χ0) is 13.8. The molecule has 0 unspecified atom stereocenters. The standard InChI is InChI=1S/C11H9N3O4S/c15-8-9(13-14-11(18)12-8)19-5-6-1-3-7(4-2-6)10(16)17/h1-4H,5H2,(H,16,17)(H2,12,14,15,18). The summed E-state index contributed by atoms with van der Waals surface area (Å²) >= 11 is 1.15. The van der Waals surface area contributed by atoms with E-state index in [1.807, 2.05) is 0 Å². The van der Waals surface area contributed by atoms with Crippen LogP contribution < -0.4 is 11.2 Å². The van der Waals surface area contributed by atoms with Crippen LogP contribution in [0.15, 0.2) is 38.9 Å². The molecule has 7 nitrogen and oxygen atoms in total. The average molecular weight is 279 g/mol. The first-order valence-corrected chi connectivity index (χ1v) is 6.19. The fraction of sp³-hybridized carbons (Fsp3) is 0.0909. The lowest BCUT2D eigenvalue weighted by Crippen LogP contribution is -2.24. The number of nitrogens with one attached hydrogen (secondary N) is 2. The number of rotatable bonds is 4. The summed E-state index contributed by atoms with van der Waals surface area (Å²) in [4.78, 5) is 34.9. The van der Waals surface area contributed by atoms with Gasteiger partial charge in [0, 0.05) is 5.75 Å². The van der Waals surface area contributed by atoms with Crippen LogP contribution in [-0.2, 0) is 5.75 Å². The van der Waals surface area contributed by atoms with Crippen molar-refractivity contribution in [2.24, 2.45) is 0 Å². The second-order valence-electron chi connectivity index (χ2n) is 3.60. The number of carbonyl (C=O) groups is 1. The molecule has 0 atom stereocenters. The summed E-state index contributed by atoms with van der Waals surface area (Å²) < 4.78 is 0. The van der Waals surface area contributed by atoms with Gasteiger partial charge in [0.25, 0.3) is 5.56 Å². The van der Waals surface area contributed by atoms with Crippen molar-refractivity contribution in [2.45, 2.75) is 10.8 Å². The summed E-state index contributed by atoms with van der Waals surface area (Å²) in [6.45, 7) is 0. The van der Waals surface area contributed by atoms with E-state index in [0.29, 0.717) is 5.75 Å². The first-order valence-electron chi connectivity index (χ1n) is 5.20. The number of carboxylic acids is 1. The third kappa shape index (κ3) is 3.32. The molecule has 0 radical (unpaired) electrons. The van der Waals surface area contributed by atoms with E-state index in [1.54, 1.807) is 12.1 Å². The minimum absolute atomic E-state index is 0.155. The quantitative estimate of drug-likeness (QED) is 0.700. The van der Waals surface area contributed by atoms with Crippen LogP contribution in [0.2, 0.25) is 0 Å². The van der Waals surface area contributed by atoms with Crippen LogP contribution in [0.5, 0.6) is 0 Å². The molecule has 0 amide bonds. The van der Waals surface area contributed by atoms with Crippen molar-refractivity contribution in [3.63, 3.8) is 0 Å². The molecular formula is C11H9N3O4S. The lowest BCUT2D eigenvalue weighted by atomic mass is 10.1. The maximum Gasteiger partial charge on any atom is 0.342 e. The van der Waals surface area contributed by atoms with Crippen molar-refractivity contribution in [1.82, 2.24) is 15.2 Å². The first kappa shape index (κ1) is 13.1. The molecule has 1 aromatic carbocycles. The summed E-state index contributed by atoms with van der Waals surface area (Å²) in [6, 6.07) is 6.30. The van der Waals surface area contributed by atoms with Crippen LogP contribution in [0, 0.1) is 0 Å². The fourth-order valence-electron chi connectivity index (χ4n) is 1.33. The molecule has 19 heavy (non-hydrogen) atoms. The zero-order valence-electron chi connectivity index (χ0n) is 9.54. The Morgan fingerprint density at radius 3 is 2.53 bits per heavy atom. The Kier molecular flexibility index (Phi) is 3.81. The van der Waals surface area contributed by atoms with Crippen LogP contribution in [0.4, 0.5) is 0 Å². The highest BCUT2D eigenvalue weighted by Crippen LogP contribution is 2.17. The van der Waals surface area contributed by atoms with Crippen molar-refractivity contribution in [3.8, 4) is 0 Å². The van der Waals surface area contributed by atoms with E-state index in [2.05, 4.69) is 15.2 Å². The molecule has 2 rings (SSSR count). The van der Waals surface area contributed by atoms with E-state index in [4.69, 9.17) is 5.11 Å². The number of carboxylic acid groups (broad SMARTS) is 1. The highest BCUT2D eigenvalue weighted by molar-refractivity contribution is 7.98. The number of nitrogens with zero attached hydrogens (tertiary/aromatic N) is 1. The zero-order valence-corrected chi connectivity index (χ0v) is 10.4. The molecule has 1 aromatic heterocycles. The van der Waals surface area contributed by atoms with E-state index < -0.39 is 17.2 Å². The molecule has 98 valence electrons. The Bertz CT molecular complexity index is 705. The Balaban J connectivity index is 2.08. The molecule has 0 bridgehead atoms. The SMILES string of the molecule is O=C(O)c1ccc(CSc2n[nH]c(=O)[nH]c2=O)cc1. The Morgan fingerprint density at radius 2 is 1.95 bits per heavy atom. The van der Waals surface area contributed by atoms with Crippen LogP contribution in [0.3, 0.4) is 0 Å². The molecule has 0 fully saturated rings. The lowest BCUT2D eigenvalue weighted by Gasteiger charge is -2.01. The van der Waals surface area contributed by atoms with E-state index in [-0.39, 0.29) is 10.6 Å². The summed E-state index contributed by atoms with van der Waals surface area (Å²) in [5, 5.41) is 14.7. The van der Waals surface area contributed by atoms with E-state index in [9.17, 15) is 14.4 Å². The smallest absolute Gasteiger partial charge is 0.342 e. The number of hydrogen-bond acceptors (Lipinski definition) is 5. The minimum atomic E-state index is -0.988. The average Bonchev–Trinajstić information content (AvgIpc) is 2.38. The predicted molar refractivity (Wildman–Crippen MR) is 68.4 cm³/mol. The molecule has 0 saturated carbocycles. The molecule has 2 aromatic rings. The molecule has 0 saturated heterocycles. The molecule has 0 aliphatic carbocycles. The normalized spacial score (nSPS) is 10.3. The Hall–Kier alpha value is -2.35. The Labute approximate surface area is 110 Å². The van der Waals surface area contributed by atoms with Crippen molar-refractivity contribution in [1.29, 1.82) is 0 Å². The number of H-pyrrole nitrogens is 2. The maximum atomic E-state index is 11.4. The second kappa shape index (κ2) is 5.53. The lowest BCUT2D eigenvalue weighted by molar-refractivity contribution is 0.0697. The molecule has 1 heterocycles. The van der Waals surface area contributed by atoms with Crippen LogP contribution in [0.25, 0.3) is 0 Å². The fourth-order valence-corrected chi connectivity index (χ4v) is 2.12.